The van der Waals surface area contributed by atoms with E-state index in [2.05, 4.69) is 13.2 Å². The highest BCUT2D eigenvalue weighted by atomic mass is 32.2. The summed E-state index contributed by atoms with van der Waals surface area (Å²) in [7, 11) is 0. The molecule has 0 aromatic heterocycles. The Morgan fingerprint density at radius 3 is 2.05 bits per heavy atom. The Bertz CT molecular complexity index is 1300. The van der Waals surface area contributed by atoms with Crippen molar-refractivity contribution in [2.24, 2.45) is 11.8 Å². The molecule has 3 amide bonds. The van der Waals surface area contributed by atoms with Gasteiger partial charge in [-0.15, -0.1) is 24.9 Å². The normalized spacial score (nSPS) is 25.4. The van der Waals surface area contributed by atoms with Crippen LogP contribution in [0.25, 0.3) is 0 Å². The van der Waals surface area contributed by atoms with E-state index in [0.717, 1.165) is 30.4 Å². The Kier molecular flexibility index (Phi) is 10.1. The summed E-state index contributed by atoms with van der Waals surface area (Å²) in [4.78, 5) is 48.8. The lowest BCUT2D eigenvalue weighted by molar-refractivity contribution is -0.145. The molecule has 2 unspecified atom stereocenters. The number of rotatable bonds is 15. The van der Waals surface area contributed by atoms with Gasteiger partial charge in [0.05, 0.1) is 16.6 Å². The zero-order chi connectivity index (χ0) is 30.4. The molecule has 3 aliphatic heterocycles. The summed E-state index contributed by atoms with van der Waals surface area (Å²) in [5.74, 6) is -1.19. The standard InChI is InChI=1S/C35H43N3O4S/c1-3-20-36(24-26-14-8-5-9-15-26)32(40)29-28-18-19-35(43-28)30(29)33(41)38(22-12-7-13-23-39)31(35)34(42)37(21-4-2)25-27-16-10-6-11-17-27/h3-6,8-11,14-17,28-31,39H,1-2,7,12-13,18-25H2/t28-,29+,30+,31?,35?/m1/s1. The molecular weight excluding hydrogens is 558 g/mol. The number of nitrogens with zero attached hydrogens (tertiary/aromatic N) is 3. The molecule has 0 saturated carbocycles. The molecule has 2 aromatic carbocycles. The fourth-order valence-corrected chi connectivity index (χ4v) is 9.50. The number of fused-ring (bicyclic) bond motifs is 1. The van der Waals surface area contributed by atoms with Crippen LogP contribution < -0.4 is 0 Å². The Morgan fingerprint density at radius 2 is 1.49 bits per heavy atom. The number of hydrogen-bond acceptors (Lipinski definition) is 5. The maximum Gasteiger partial charge on any atom is 0.247 e. The highest BCUT2D eigenvalue weighted by Crippen LogP contribution is 2.66. The van der Waals surface area contributed by atoms with Gasteiger partial charge in [-0.05, 0) is 43.2 Å². The van der Waals surface area contributed by atoms with Crippen LogP contribution in [0, 0.1) is 11.8 Å². The molecule has 0 aliphatic carbocycles. The number of carbonyl (C=O) groups excluding carboxylic acids is 3. The molecule has 1 N–H and O–H groups in total. The minimum Gasteiger partial charge on any atom is -0.396 e. The Labute approximate surface area is 259 Å². The summed E-state index contributed by atoms with van der Waals surface area (Å²) in [6, 6.07) is 19.1. The van der Waals surface area contributed by atoms with Gasteiger partial charge < -0.3 is 19.8 Å². The van der Waals surface area contributed by atoms with E-state index >= 15 is 0 Å². The molecule has 8 heteroatoms. The van der Waals surface area contributed by atoms with Gasteiger partial charge in [-0.3, -0.25) is 14.4 Å². The second-order valence-electron chi connectivity index (χ2n) is 11.9. The van der Waals surface area contributed by atoms with Gasteiger partial charge in [0, 0.05) is 44.6 Å². The molecule has 0 radical (unpaired) electrons. The minimum absolute atomic E-state index is 0.00152. The molecular formula is C35H43N3O4S. The first-order valence-electron chi connectivity index (χ1n) is 15.4. The number of aliphatic hydroxyl groups is 1. The van der Waals surface area contributed by atoms with E-state index in [-0.39, 0.29) is 29.6 Å². The molecule has 228 valence electrons. The molecule has 2 aromatic rings. The third kappa shape index (κ3) is 6.18. The molecule has 5 rings (SSSR count). The molecule has 1 spiro atoms. The molecule has 5 atom stereocenters. The van der Waals surface area contributed by atoms with Gasteiger partial charge >= 0.3 is 0 Å². The van der Waals surface area contributed by atoms with Crippen LogP contribution >= 0.6 is 11.8 Å². The Balaban J connectivity index is 1.47. The van der Waals surface area contributed by atoms with Crippen LogP contribution in [0.5, 0.6) is 0 Å². The van der Waals surface area contributed by atoms with Crippen molar-refractivity contribution in [2.45, 2.75) is 61.2 Å². The van der Waals surface area contributed by atoms with Gasteiger partial charge in [0.2, 0.25) is 17.7 Å². The van der Waals surface area contributed by atoms with Crippen molar-refractivity contribution in [2.75, 3.05) is 26.2 Å². The number of likely N-dealkylation sites (tertiary alicyclic amines) is 1. The van der Waals surface area contributed by atoms with Crippen molar-refractivity contribution in [3.05, 3.63) is 97.1 Å². The number of carbonyl (C=O) groups is 3. The lowest BCUT2D eigenvalue weighted by atomic mass is 9.70. The zero-order valence-electron chi connectivity index (χ0n) is 24.9. The van der Waals surface area contributed by atoms with Gasteiger partial charge in [-0.25, -0.2) is 0 Å². The van der Waals surface area contributed by atoms with Crippen molar-refractivity contribution in [1.29, 1.82) is 0 Å². The first kappa shape index (κ1) is 31.1. The zero-order valence-corrected chi connectivity index (χ0v) is 25.7. The monoisotopic (exact) mass is 601 g/mol. The first-order valence-corrected chi connectivity index (χ1v) is 16.3. The number of thioether (sulfide) groups is 1. The SMILES string of the molecule is C=CCN(Cc1ccccc1)C(=O)C1N(CCCCCO)C(=O)[C@@H]2[C@@H](C(=O)N(CC=C)Cc3ccccc3)[C@H]3CCC12S3. The predicted molar refractivity (Wildman–Crippen MR) is 171 cm³/mol. The van der Waals surface area contributed by atoms with E-state index in [1.165, 1.54) is 0 Å². The average molecular weight is 602 g/mol. The van der Waals surface area contributed by atoms with Gasteiger partial charge in [-0.1, -0.05) is 72.8 Å². The Morgan fingerprint density at radius 1 is 0.907 bits per heavy atom. The quantitative estimate of drug-likeness (QED) is 0.237. The molecule has 3 saturated heterocycles. The average Bonchev–Trinajstić information content (AvgIpc) is 3.66. The summed E-state index contributed by atoms with van der Waals surface area (Å²) < 4.78 is -0.640. The van der Waals surface area contributed by atoms with Crippen LogP contribution in [-0.2, 0) is 27.5 Å². The lowest BCUT2D eigenvalue weighted by Crippen LogP contribution is -2.54. The first-order chi connectivity index (χ1) is 20.9. The maximum atomic E-state index is 14.6. The van der Waals surface area contributed by atoms with Crippen molar-refractivity contribution >= 4 is 29.5 Å². The molecule has 3 aliphatic rings. The van der Waals surface area contributed by atoms with Gasteiger partial charge in [-0.2, -0.15) is 0 Å². The van der Waals surface area contributed by atoms with Crippen LogP contribution in [-0.4, -0.2) is 79.8 Å². The van der Waals surface area contributed by atoms with Crippen LogP contribution in [0.3, 0.4) is 0 Å². The second kappa shape index (κ2) is 14.0. The van der Waals surface area contributed by atoms with Crippen LogP contribution in [0.4, 0.5) is 0 Å². The molecule has 3 fully saturated rings. The molecule has 43 heavy (non-hydrogen) atoms. The topological polar surface area (TPSA) is 81.2 Å². The highest BCUT2D eigenvalue weighted by Gasteiger charge is 2.74. The number of aliphatic hydroxyl groups excluding tert-OH is 1. The van der Waals surface area contributed by atoms with Gasteiger partial charge in [0.25, 0.3) is 0 Å². The van der Waals surface area contributed by atoms with Crippen LogP contribution in [0.1, 0.15) is 43.2 Å². The van der Waals surface area contributed by atoms with E-state index in [9.17, 15) is 19.5 Å². The highest BCUT2D eigenvalue weighted by molar-refractivity contribution is 8.02. The van der Waals surface area contributed by atoms with Crippen LogP contribution in [0.2, 0.25) is 0 Å². The fourth-order valence-electron chi connectivity index (χ4n) is 7.29. The predicted octanol–water partition coefficient (Wildman–Crippen LogP) is 4.67. The van der Waals surface area contributed by atoms with Gasteiger partial charge in [0.1, 0.15) is 6.04 Å². The summed E-state index contributed by atoms with van der Waals surface area (Å²) in [6.45, 7) is 9.99. The largest absolute Gasteiger partial charge is 0.396 e. The van der Waals surface area contributed by atoms with Crippen molar-refractivity contribution < 1.29 is 19.5 Å². The maximum absolute atomic E-state index is 14.6. The summed E-state index contributed by atoms with van der Waals surface area (Å²) >= 11 is 1.71. The third-order valence-corrected chi connectivity index (χ3v) is 11.1. The minimum atomic E-state index is -0.641. The number of unbranched alkanes of at least 4 members (excludes halogenated alkanes) is 2. The summed E-state index contributed by atoms with van der Waals surface area (Å²) in [5, 5.41) is 9.33. The van der Waals surface area contributed by atoms with Crippen molar-refractivity contribution in [1.82, 2.24) is 14.7 Å². The molecule has 2 bridgehead atoms. The molecule has 7 nitrogen and oxygen atoms in total. The van der Waals surface area contributed by atoms with E-state index in [1.54, 1.807) is 33.7 Å². The lowest BCUT2D eigenvalue weighted by Gasteiger charge is -2.37. The number of hydrogen-bond donors (Lipinski definition) is 1. The fraction of sp³-hybridized carbons (Fsp3) is 0.457. The Hall–Kier alpha value is -3.36. The van der Waals surface area contributed by atoms with E-state index in [1.807, 2.05) is 65.6 Å². The summed E-state index contributed by atoms with van der Waals surface area (Å²) in [6.07, 6.45) is 7.13. The number of benzene rings is 2. The smallest absolute Gasteiger partial charge is 0.247 e. The van der Waals surface area contributed by atoms with Crippen LogP contribution in [0.15, 0.2) is 86.0 Å². The van der Waals surface area contributed by atoms with E-state index < -0.39 is 22.6 Å². The van der Waals surface area contributed by atoms with Crippen molar-refractivity contribution in [3.8, 4) is 0 Å². The van der Waals surface area contributed by atoms with Gasteiger partial charge in [0.15, 0.2) is 0 Å². The summed E-state index contributed by atoms with van der Waals surface area (Å²) in [5.41, 5.74) is 2.04. The third-order valence-electron chi connectivity index (χ3n) is 9.13. The second-order valence-corrected chi connectivity index (χ2v) is 13.5. The molecule has 3 heterocycles. The van der Waals surface area contributed by atoms with Crippen molar-refractivity contribution in [3.63, 3.8) is 0 Å². The van der Waals surface area contributed by atoms with E-state index in [0.29, 0.717) is 45.6 Å². The number of amides is 3. The van der Waals surface area contributed by atoms with E-state index in [4.69, 9.17) is 0 Å².